The Morgan fingerprint density at radius 1 is 1.00 bits per heavy atom. The van der Waals surface area contributed by atoms with Crippen LogP contribution in [0.15, 0.2) is 54.7 Å². The number of nitrogens with one attached hydrogen (secondary N) is 6. The number of amides is 6. The van der Waals surface area contributed by atoms with Gasteiger partial charge in [0.1, 0.15) is 29.9 Å². The molecule has 50 heavy (non-hydrogen) atoms. The van der Waals surface area contributed by atoms with Gasteiger partial charge >= 0.3 is 0 Å². The van der Waals surface area contributed by atoms with Gasteiger partial charge in [-0.15, -0.1) is 0 Å². The van der Waals surface area contributed by atoms with Crippen molar-refractivity contribution in [1.82, 2.24) is 36.5 Å². The lowest BCUT2D eigenvalue weighted by molar-refractivity contribution is -0.143. The molecule has 3 aliphatic heterocycles. The topological polar surface area (TPSA) is 211 Å². The Morgan fingerprint density at radius 2 is 1.74 bits per heavy atom. The largest absolute Gasteiger partial charge is 0.484 e. The normalized spacial score (nSPS) is 24.8. The number of hydrogen-bond acceptors (Lipinski definition) is 8. The van der Waals surface area contributed by atoms with Crippen LogP contribution in [0.1, 0.15) is 38.3 Å². The zero-order valence-corrected chi connectivity index (χ0v) is 28.2. The van der Waals surface area contributed by atoms with Gasteiger partial charge in [-0.3, -0.25) is 28.8 Å². The van der Waals surface area contributed by atoms with E-state index in [0.717, 1.165) is 22.0 Å². The number of ether oxygens (including phenoxy) is 1. The molecule has 0 unspecified atom stereocenters. The summed E-state index contributed by atoms with van der Waals surface area (Å²) in [5, 5.41) is 24.7. The van der Waals surface area contributed by atoms with Crippen molar-refractivity contribution in [3.63, 3.8) is 0 Å². The first-order chi connectivity index (χ1) is 23.9. The van der Waals surface area contributed by atoms with Crippen LogP contribution in [0.3, 0.4) is 0 Å². The molecular weight excluding hydrogens is 646 g/mol. The maximum atomic E-state index is 14.4. The van der Waals surface area contributed by atoms with Crippen LogP contribution >= 0.6 is 0 Å². The van der Waals surface area contributed by atoms with E-state index in [1.54, 1.807) is 30.5 Å². The minimum Gasteiger partial charge on any atom is -0.484 e. The van der Waals surface area contributed by atoms with Gasteiger partial charge in [0.2, 0.25) is 29.5 Å². The van der Waals surface area contributed by atoms with Crippen molar-refractivity contribution in [2.45, 2.75) is 76.3 Å². The number of nitrogens with zero attached hydrogens (tertiary/aromatic N) is 1. The Morgan fingerprint density at radius 3 is 2.46 bits per heavy atom. The van der Waals surface area contributed by atoms with Crippen LogP contribution in [0.5, 0.6) is 5.75 Å². The molecule has 1 fully saturated rings. The zero-order chi connectivity index (χ0) is 35.9. The SMILES string of the molecule is CC(=O)N[C@H]1C[C@H]2C(=O)N[C@@H]([C@@H](C)O)C(=O)N[C@@H](C)C(=O)NCCc3ccc(cc3)OCC(=O)N[C@H](Cc3c[nH]c4ccccc34)C(=O)N2C1. The van der Waals surface area contributed by atoms with E-state index in [9.17, 15) is 33.9 Å². The van der Waals surface area contributed by atoms with Gasteiger partial charge in [-0.2, -0.15) is 0 Å². The van der Waals surface area contributed by atoms with Crippen molar-refractivity contribution in [2.75, 3.05) is 19.7 Å². The fourth-order valence-electron chi connectivity index (χ4n) is 6.28. The first-order valence-electron chi connectivity index (χ1n) is 16.6. The van der Waals surface area contributed by atoms with Crippen LogP contribution in [-0.2, 0) is 41.6 Å². The molecule has 0 saturated carbocycles. The van der Waals surface area contributed by atoms with E-state index >= 15 is 0 Å². The molecule has 2 aromatic carbocycles. The number of hydrogen-bond donors (Lipinski definition) is 7. The highest BCUT2D eigenvalue weighted by Gasteiger charge is 2.44. The number of para-hydroxylation sites is 1. The second kappa shape index (κ2) is 15.8. The summed E-state index contributed by atoms with van der Waals surface area (Å²) in [4.78, 5) is 84.0. The predicted molar refractivity (Wildman–Crippen MR) is 182 cm³/mol. The van der Waals surface area contributed by atoms with Crippen molar-refractivity contribution in [2.24, 2.45) is 0 Å². The van der Waals surface area contributed by atoms with Gasteiger partial charge in [0.15, 0.2) is 6.61 Å². The fourth-order valence-corrected chi connectivity index (χ4v) is 6.28. The average molecular weight is 690 g/mol. The molecule has 3 aliphatic rings. The van der Waals surface area contributed by atoms with Crippen molar-refractivity contribution < 1.29 is 38.6 Å². The van der Waals surface area contributed by atoms with Gasteiger partial charge in [-0.1, -0.05) is 30.3 Å². The van der Waals surface area contributed by atoms with E-state index in [1.807, 2.05) is 24.3 Å². The first-order valence-corrected chi connectivity index (χ1v) is 16.6. The van der Waals surface area contributed by atoms with Crippen molar-refractivity contribution in [3.05, 3.63) is 65.9 Å². The number of fused-ring (bicyclic) bond motifs is 17. The first kappa shape index (κ1) is 35.9. The van der Waals surface area contributed by atoms with Crippen LogP contribution in [-0.4, -0.2) is 106 Å². The van der Waals surface area contributed by atoms with Crippen molar-refractivity contribution in [1.29, 1.82) is 0 Å². The van der Waals surface area contributed by atoms with Crippen LogP contribution in [0.4, 0.5) is 0 Å². The number of aromatic nitrogens is 1. The number of aliphatic hydroxyl groups is 1. The third kappa shape index (κ3) is 8.77. The lowest BCUT2D eigenvalue weighted by Crippen LogP contribution is -2.60. The molecule has 15 heteroatoms. The van der Waals surface area contributed by atoms with Gasteiger partial charge in [0.25, 0.3) is 5.91 Å². The third-order valence-electron chi connectivity index (χ3n) is 8.85. The van der Waals surface area contributed by atoms with Crippen molar-refractivity contribution in [3.8, 4) is 5.75 Å². The molecule has 6 amide bonds. The number of H-pyrrole nitrogens is 1. The van der Waals surface area contributed by atoms with E-state index in [4.69, 9.17) is 4.74 Å². The Hall–Kier alpha value is -5.44. The average Bonchev–Trinajstić information content (AvgIpc) is 3.69. The minimum absolute atomic E-state index is 0.0109. The van der Waals surface area contributed by atoms with E-state index < -0.39 is 72.5 Å². The van der Waals surface area contributed by atoms with Crippen LogP contribution < -0.4 is 31.3 Å². The molecule has 4 heterocycles. The van der Waals surface area contributed by atoms with E-state index in [2.05, 4.69) is 31.6 Å². The van der Waals surface area contributed by atoms with Gasteiger partial charge in [-0.05, 0) is 56.0 Å². The van der Waals surface area contributed by atoms with Gasteiger partial charge in [-0.25, -0.2) is 0 Å². The third-order valence-corrected chi connectivity index (χ3v) is 8.85. The molecule has 0 aliphatic carbocycles. The maximum Gasteiger partial charge on any atom is 0.258 e. The van der Waals surface area contributed by atoms with Crippen molar-refractivity contribution >= 4 is 46.3 Å². The summed E-state index contributed by atoms with van der Waals surface area (Å²) < 4.78 is 5.72. The number of aromatic amines is 1. The summed E-state index contributed by atoms with van der Waals surface area (Å²) in [7, 11) is 0. The minimum atomic E-state index is -1.47. The molecule has 0 radical (unpaired) electrons. The summed E-state index contributed by atoms with van der Waals surface area (Å²) in [6.07, 6.45) is 0.947. The van der Waals surface area contributed by atoms with E-state index in [-0.39, 0.29) is 31.8 Å². The molecule has 3 aromatic rings. The zero-order valence-electron chi connectivity index (χ0n) is 28.2. The lowest BCUT2D eigenvalue weighted by atomic mass is 10.0. The summed E-state index contributed by atoms with van der Waals surface area (Å²) in [5.74, 6) is -3.12. The lowest BCUT2D eigenvalue weighted by Gasteiger charge is -2.30. The Balaban J connectivity index is 1.48. The number of carbonyl (C=O) groups excluding carboxylic acids is 6. The molecule has 1 saturated heterocycles. The Bertz CT molecular complexity index is 1740. The number of aliphatic hydroxyl groups excluding tert-OH is 1. The number of carbonyl (C=O) groups is 6. The molecule has 1 aromatic heterocycles. The number of rotatable bonds is 4. The molecular formula is C35H43N7O8. The van der Waals surface area contributed by atoms with E-state index in [1.165, 1.54) is 25.7 Å². The van der Waals surface area contributed by atoms with Gasteiger partial charge in [0, 0.05) is 49.6 Å². The number of benzene rings is 2. The second-order valence-corrected chi connectivity index (χ2v) is 12.8. The quantitative estimate of drug-likeness (QED) is 0.176. The molecule has 2 bridgehead atoms. The van der Waals surface area contributed by atoms with Gasteiger partial charge in [0.05, 0.1) is 6.10 Å². The Labute approximate surface area is 288 Å². The summed E-state index contributed by atoms with van der Waals surface area (Å²) >= 11 is 0. The highest BCUT2D eigenvalue weighted by Crippen LogP contribution is 2.24. The molecule has 0 spiro atoms. The summed E-state index contributed by atoms with van der Waals surface area (Å²) in [6.45, 7) is 3.95. The van der Waals surface area contributed by atoms with Crippen LogP contribution in [0, 0.1) is 0 Å². The maximum absolute atomic E-state index is 14.4. The standard InChI is InChI=1S/C35H43N7O8/c1-19-32(46)36-13-12-22-8-10-25(11-9-22)50-18-30(45)40-28(14-23-16-37-27-7-5-4-6-26(23)27)35(49)42-17-24(39-21(3)44)15-29(42)33(47)41-31(20(2)43)34(48)38-19/h4-11,16,19-20,24,28-29,31,37,43H,12-15,17-18H2,1-3H3,(H,36,46)(H,38,48)(H,39,44)(H,40,45)(H,41,47)/t19-,20+,24-,28+,29-,31-/m0/s1. The monoisotopic (exact) mass is 689 g/mol. The summed E-state index contributed by atoms with van der Waals surface area (Å²) in [6, 6.07) is 9.10. The van der Waals surface area contributed by atoms with Crippen LogP contribution in [0.2, 0.25) is 0 Å². The highest BCUT2D eigenvalue weighted by atomic mass is 16.5. The Kier molecular flexibility index (Phi) is 11.4. The molecule has 15 nitrogen and oxygen atoms in total. The molecule has 6 atom stereocenters. The smallest absolute Gasteiger partial charge is 0.258 e. The fraction of sp³-hybridized carbons (Fsp3) is 0.429. The molecule has 6 rings (SSSR count). The second-order valence-electron chi connectivity index (χ2n) is 12.8. The van der Waals surface area contributed by atoms with E-state index in [0.29, 0.717) is 12.2 Å². The predicted octanol–water partition coefficient (Wildman–Crippen LogP) is -0.578. The molecule has 266 valence electrons. The summed E-state index contributed by atoms with van der Waals surface area (Å²) in [5.41, 5.74) is 2.48. The van der Waals surface area contributed by atoms with Gasteiger partial charge < -0.3 is 46.3 Å². The molecule has 7 N–H and O–H groups in total. The van der Waals surface area contributed by atoms with Crippen LogP contribution in [0.25, 0.3) is 10.9 Å². The highest BCUT2D eigenvalue weighted by molar-refractivity contribution is 5.97.